The summed E-state index contributed by atoms with van der Waals surface area (Å²) < 4.78 is 4.93. The molecule has 0 rings (SSSR count). The summed E-state index contributed by atoms with van der Waals surface area (Å²) in [7, 11) is 1.50. The average molecular weight is 491 g/mol. The van der Waals surface area contributed by atoms with E-state index < -0.39 is 35.9 Å². The van der Waals surface area contributed by atoms with Crippen molar-refractivity contribution in [2.75, 3.05) is 20.1 Å². The summed E-state index contributed by atoms with van der Waals surface area (Å²) in [5.74, 6) is -1.68. The SMILES string of the molecule is CC(C)OC(=O)CNC(=O)C(CCCNC(N)=O)NC(=O)C(N)C(C)C.CCC(=O)C=[NH2+].CN. The van der Waals surface area contributed by atoms with Crippen molar-refractivity contribution in [3.63, 3.8) is 0 Å². The van der Waals surface area contributed by atoms with Gasteiger partial charge in [-0.25, -0.2) is 4.79 Å². The minimum Gasteiger partial charge on any atom is -0.462 e. The molecular formula is C21H44N7O6+. The lowest BCUT2D eigenvalue weighted by Gasteiger charge is -2.22. The first-order valence-corrected chi connectivity index (χ1v) is 11.1. The molecule has 2 unspecified atom stereocenters. The van der Waals surface area contributed by atoms with Gasteiger partial charge in [0.25, 0.3) is 0 Å². The Morgan fingerprint density at radius 3 is 1.94 bits per heavy atom. The first-order valence-electron chi connectivity index (χ1n) is 11.1. The van der Waals surface area contributed by atoms with Gasteiger partial charge in [0, 0.05) is 13.0 Å². The Hall–Kier alpha value is -3.06. The molecule has 0 aromatic rings. The first kappa shape index (κ1) is 35.5. The van der Waals surface area contributed by atoms with Gasteiger partial charge in [0.05, 0.1) is 12.1 Å². The van der Waals surface area contributed by atoms with E-state index in [0.717, 1.165) is 6.21 Å². The predicted molar refractivity (Wildman–Crippen MR) is 129 cm³/mol. The van der Waals surface area contributed by atoms with Gasteiger partial charge in [0.2, 0.25) is 23.8 Å². The molecule has 0 radical (unpaired) electrons. The number of rotatable bonds is 13. The number of hydrogen-bond acceptors (Lipinski definition) is 8. The number of urea groups is 1. The third-order valence-electron chi connectivity index (χ3n) is 3.93. The second-order valence-electron chi connectivity index (χ2n) is 7.51. The fraction of sp³-hybridized carbons (Fsp3) is 0.714. The van der Waals surface area contributed by atoms with Crippen LogP contribution in [0.1, 0.15) is 53.9 Å². The molecular weight excluding hydrogens is 446 g/mol. The maximum absolute atomic E-state index is 12.3. The van der Waals surface area contributed by atoms with Gasteiger partial charge in [0.15, 0.2) is 0 Å². The zero-order valence-electron chi connectivity index (χ0n) is 21.2. The van der Waals surface area contributed by atoms with E-state index in [-0.39, 0.29) is 37.3 Å². The number of amides is 4. The maximum Gasteiger partial charge on any atom is 0.325 e. The van der Waals surface area contributed by atoms with Crippen molar-refractivity contribution < 1.29 is 34.1 Å². The van der Waals surface area contributed by atoms with Crippen LogP contribution in [0.3, 0.4) is 0 Å². The smallest absolute Gasteiger partial charge is 0.325 e. The number of ether oxygens (including phenoxy) is 1. The molecule has 34 heavy (non-hydrogen) atoms. The quantitative estimate of drug-likeness (QED) is 0.0815. The summed E-state index contributed by atoms with van der Waals surface area (Å²) in [5, 5.41) is 12.2. The molecule has 11 N–H and O–H groups in total. The molecule has 13 nitrogen and oxygen atoms in total. The third-order valence-corrected chi connectivity index (χ3v) is 3.93. The Balaban J connectivity index is -0.00000103. The lowest BCUT2D eigenvalue weighted by Crippen LogP contribution is -2.53. The van der Waals surface area contributed by atoms with E-state index in [1.54, 1.807) is 34.6 Å². The van der Waals surface area contributed by atoms with E-state index in [9.17, 15) is 24.0 Å². The number of hydrogen-bond donors (Lipinski definition) is 7. The lowest BCUT2D eigenvalue weighted by atomic mass is 10.0. The fourth-order valence-electron chi connectivity index (χ4n) is 2.06. The van der Waals surface area contributed by atoms with E-state index in [0.29, 0.717) is 12.8 Å². The zero-order chi connectivity index (χ0) is 27.3. The Labute approximate surface area is 201 Å². The van der Waals surface area contributed by atoms with Crippen LogP contribution in [0.4, 0.5) is 4.79 Å². The highest BCUT2D eigenvalue weighted by molar-refractivity contribution is 6.24. The molecule has 0 aromatic heterocycles. The van der Waals surface area contributed by atoms with Gasteiger partial charge in [-0.2, -0.15) is 0 Å². The summed E-state index contributed by atoms with van der Waals surface area (Å²) in [5.41, 5.74) is 15.3. The van der Waals surface area contributed by atoms with Crippen LogP contribution in [0.25, 0.3) is 0 Å². The summed E-state index contributed by atoms with van der Waals surface area (Å²) in [6.07, 6.45) is 1.94. The van der Waals surface area contributed by atoms with E-state index in [4.69, 9.17) is 21.6 Å². The van der Waals surface area contributed by atoms with Crippen LogP contribution in [-0.2, 0) is 23.9 Å². The topological polar surface area (TPSA) is 234 Å². The Bertz CT molecular complexity index is 641. The van der Waals surface area contributed by atoms with Crippen molar-refractivity contribution in [2.24, 2.45) is 23.1 Å². The van der Waals surface area contributed by atoms with E-state index in [1.165, 1.54) is 7.05 Å². The number of carbonyl (C=O) groups is 5. The molecule has 0 aliphatic carbocycles. The van der Waals surface area contributed by atoms with Gasteiger partial charge in [-0.3, -0.25) is 24.6 Å². The number of nitrogens with one attached hydrogen (secondary N) is 3. The Kier molecular flexibility index (Phi) is 22.7. The second-order valence-corrected chi connectivity index (χ2v) is 7.51. The van der Waals surface area contributed by atoms with Gasteiger partial charge in [-0.05, 0) is 39.7 Å². The largest absolute Gasteiger partial charge is 0.462 e. The van der Waals surface area contributed by atoms with Crippen LogP contribution in [0, 0.1) is 5.92 Å². The molecule has 0 aliphatic heterocycles. The van der Waals surface area contributed by atoms with Crippen LogP contribution in [-0.4, -0.2) is 74.1 Å². The van der Waals surface area contributed by atoms with E-state index >= 15 is 0 Å². The molecule has 0 bridgehead atoms. The van der Waals surface area contributed by atoms with Crippen LogP contribution in [0.5, 0.6) is 0 Å². The fourth-order valence-corrected chi connectivity index (χ4v) is 2.06. The van der Waals surface area contributed by atoms with Crippen molar-refractivity contribution >= 4 is 35.8 Å². The molecule has 4 amide bonds. The second kappa shape index (κ2) is 21.8. The summed E-state index contributed by atoms with van der Waals surface area (Å²) in [6, 6.07) is -2.33. The van der Waals surface area contributed by atoms with Crippen LogP contribution >= 0.6 is 0 Å². The van der Waals surface area contributed by atoms with E-state index in [1.807, 2.05) is 0 Å². The third kappa shape index (κ3) is 20.8. The lowest BCUT2D eigenvalue weighted by molar-refractivity contribution is -0.147. The van der Waals surface area contributed by atoms with Crippen LogP contribution in [0.15, 0.2) is 0 Å². The molecule has 0 aliphatic rings. The normalized spacial score (nSPS) is 11.5. The van der Waals surface area contributed by atoms with Gasteiger partial charge >= 0.3 is 12.0 Å². The molecule has 2 atom stereocenters. The van der Waals surface area contributed by atoms with Crippen molar-refractivity contribution in [1.82, 2.24) is 16.0 Å². The summed E-state index contributed by atoms with van der Waals surface area (Å²) in [6.45, 7) is 8.69. The van der Waals surface area contributed by atoms with Crippen molar-refractivity contribution in [3.8, 4) is 0 Å². The van der Waals surface area contributed by atoms with Crippen molar-refractivity contribution in [1.29, 1.82) is 0 Å². The highest BCUT2D eigenvalue weighted by atomic mass is 16.5. The zero-order valence-corrected chi connectivity index (χ0v) is 21.2. The molecule has 13 heteroatoms. The molecule has 0 spiro atoms. The molecule has 198 valence electrons. The number of esters is 1. The van der Waals surface area contributed by atoms with Gasteiger partial charge < -0.3 is 37.9 Å². The van der Waals surface area contributed by atoms with Gasteiger partial charge in [-0.15, -0.1) is 0 Å². The highest BCUT2D eigenvalue weighted by Gasteiger charge is 2.25. The van der Waals surface area contributed by atoms with Gasteiger partial charge in [-0.1, -0.05) is 20.8 Å². The molecule has 0 saturated heterocycles. The molecule has 0 heterocycles. The standard InChI is InChI=1S/C16H31N5O5.C4H7NO.CH5N/c1-9(2)13(17)15(24)21-11(6-5-7-19-16(18)25)14(23)20-8-12(22)26-10(3)4;1-2-4(6)3-5;1-2/h9-11,13H,5-8,17H2,1-4H3,(H,20,23)(H,21,24)(H3,18,19,25);3,5H,2H2,1H3;2H2,1H3/p+1. The first-order chi connectivity index (χ1) is 15.8. The number of Topliss-reactive ketones (excluding diaryl/α,β-unsaturated/α-hetero) is 1. The van der Waals surface area contributed by atoms with Crippen LogP contribution < -0.4 is 38.6 Å². The average Bonchev–Trinajstić information content (AvgIpc) is 2.79. The maximum atomic E-state index is 12.3. The van der Waals surface area contributed by atoms with Crippen LogP contribution in [0.2, 0.25) is 0 Å². The highest BCUT2D eigenvalue weighted by Crippen LogP contribution is 2.02. The number of nitrogens with two attached hydrogens (primary N) is 4. The molecule has 0 saturated carbocycles. The van der Waals surface area contributed by atoms with Crippen molar-refractivity contribution in [2.45, 2.75) is 72.1 Å². The predicted octanol–water partition coefficient (Wildman–Crippen LogP) is -2.66. The Morgan fingerprint density at radius 2 is 1.56 bits per heavy atom. The summed E-state index contributed by atoms with van der Waals surface area (Å²) >= 11 is 0. The molecule has 0 fully saturated rings. The number of ketones is 1. The number of primary amides is 1. The van der Waals surface area contributed by atoms with Crippen molar-refractivity contribution in [3.05, 3.63) is 0 Å². The minimum atomic E-state index is -0.895. The van der Waals surface area contributed by atoms with E-state index in [2.05, 4.69) is 21.7 Å². The number of carbonyl (C=O) groups excluding carboxylic acids is 5. The monoisotopic (exact) mass is 490 g/mol. The summed E-state index contributed by atoms with van der Waals surface area (Å²) in [4.78, 5) is 56.6. The minimum absolute atomic E-state index is 0.00463. The molecule has 0 aromatic carbocycles. The Morgan fingerprint density at radius 1 is 1.00 bits per heavy atom. The van der Waals surface area contributed by atoms with Gasteiger partial charge in [0.1, 0.15) is 12.6 Å².